The third kappa shape index (κ3) is 1.27. The van der Waals surface area contributed by atoms with E-state index in [1.807, 2.05) is 6.07 Å². The SMILES string of the molecule is NCc1oc2c(F)cccc2c1C1CC1. The van der Waals surface area contributed by atoms with Crippen molar-refractivity contribution in [2.45, 2.75) is 25.3 Å². The van der Waals surface area contributed by atoms with E-state index in [0.29, 0.717) is 18.0 Å². The lowest BCUT2D eigenvalue weighted by molar-refractivity contribution is 0.517. The summed E-state index contributed by atoms with van der Waals surface area (Å²) >= 11 is 0. The van der Waals surface area contributed by atoms with Crippen LogP contribution in [0.25, 0.3) is 11.0 Å². The van der Waals surface area contributed by atoms with Crippen molar-refractivity contribution in [3.63, 3.8) is 0 Å². The average molecular weight is 205 g/mol. The van der Waals surface area contributed by atoms with Gasteiger partial charge in [-0.25, -0.2) is 4.39 Å². The molecular weight excluding hydrogens is 193 g/mol. The number of furan rings is 1. The van der Waals surface area contributed by atoms with E-state index in [2.05, 4.69) is 0 Å². The number of fused-ring (bicyclic) bond motifs is 1. The molecule has 2 nitrogen and oxygen atoms in total. The van der Waals surface area contributed by atoms with Crippen LogP contribution in [0.2, 0.25) is 0 Å². The fourth-order valence-corrected chi connectivity index (χ4v) is 2.12. The summed E-state index contributed by atoms with van der Waals surface area (Å²) in [5, 5.41) is 0.901. The van der Waals surface area contributed by atoms with Gasteiger partial charge in [0.1, 0.15) is 5.76 Å². The largest absolute Gasteiger partial charge is 0.456 e. The number of halogens is 1. The van der Waals surface area contributed by atoms with Gasteiger partial charge in [0.25, 0.3) is 0 Å². The summed E-state index contributed by atoms with van der Waals surface area (Å²) in [5.74, 6) is 0.985. The molecule has 1 heterocycles. The van der Waals surface area contributed by atoms with E-state index in [-0.39, 0.29) is 5.82 Å². The molecule has 78 valence electrons. The lowest BCUT2D eigenvalue weighted by Crippen LogP contribution is -1.97. The smallest absolute Gasteiger partial charge is 0.170 e. The molecule has 2 aromatic rings. The monoisotopic (exact) mass is 205 g/mol. The van der Waals surface area contributed by atoms with Crippen LogP contribution in [0, 0.1) is 5.82 Å². The lowest BCUT2D eigenvalue weighted by Gasteiger charge is -1.96. The lowest BCUT2D eigenvalue weighted by atomic mass is 10.1. The Morgan fingerprint density at radius 2 is 2.20 bits per heavy atom. The third-order valence-electron chi connectivity index (χ3n) is 2.95. The first kappa shape index (κ1) is 8.92. The van der Waals surface area contributed by atoms with Crippen LogP contribution in [-0.2, 0) is 6.54 Å². The van der Waals surface area contributed by atoms with E-state index in [1.54, 1.807) is 6.07 Å². The fourth-order valence-electron chi connectivity index (χ4n) is 2.12. The highest BCUT2D eigenvalue weighted by Gasteiger charge is 2.30. The Kier molecular flexibility index (Phi) is 1.83. The highest BCUT2D eigenvalue weighted by Crippen LogP contribution is 2.46. The van der Waals surface area contributed by atoms with E-state index in [0.717, 1.165) is 29.6 Å². The Hall–Kier alpha value is -1.35. The van der Waals surface area contributed by atoms with Crippen LogP contribution in [-0.4, -0.2) is 0 Å². The molecule has 0 atom stereocenters. The minimum absolute atomic E-state index is 0.297. The summed E-state index contributed by atoms with van der Waals surface area (Å²) in [6, 6.07) is 5.05. The van der Waals surface area contributed by atoms with Gasteiger partial charge in [-0.2, -0.15) is 0 Å². The van der Waals surface area contributed by atoms with Gasteiger partial charge in [-0.15, -0.1) is 0 Å². The molecule has 0 spiro atoms. The summed E-state index contributed by atoms with van der Waals surface area (Å²) in [7, 11) is 0. The van der Waals surface area contributed by atoms with Gasteiger partial charge in [-0.05, 0) is 24.8 Å². The number of benzene rings is 1. The van der Waals surface area contributed by atoms with Crippen molar-refractivity contribution >= 4 is 11.0 Å². The van der Waals surface area contributed by atoms with Crippen molar-refractivity contribution in [1.29, 1.82) is 0 Å². The van der Waals surface area contributed by atoms with Crippen molar-refractivity contribution in [3.05, 3.63) is 35.3 Å². The molecule has 0 bridgehead atoms. The van der Waals surface area contributed by atoms with Crippen molar-refractivity contribution < 1.29 is 8.81 Å². The second-order valence-corrected chi connectivity index (χ2v) is 4.03. The Balaban J connectivity index is 2.33. The first-order valence-corrected chi connectivity index (χ1v) is 5.21. The maximum atomic E-state index is 13.5. The Morgan fingerprint density at radius 3 is 2.87 bits per heavy atom. The van der Waals surface area contributed by atoms with E-state index < -0.39 is 0 Å². The summed E-state index contributed by atoms with van der Waals surface area (Å²) < 4.78 is 18.9. The molecule has 1 saturated carbocycles. The van der Waals surface area contributed by atoms with Gasteiger partial charge >= 0.3 is 0 Å². The fraction of sp³-hybridized carbons (Fsp3) is 0.333. The van der Waals surface area contributed by atoms with Crippen molar-refractivity contribution in [2.24, 2.45) is 5.73 Å². The van der Waals surface area contributed by atoms with Crippen LogP contribution in [0.1, 0.15) is 30.1 Å². The molecule has 1 aliphatic rings. The molecule has 2 N–H and O–H groups in total. The molecule has 0 saturated heterocycles. The molecule has 1 aliphatic carbocycles. The molecule has 3 rings (SSSR count). The van der Waals surface area contributed by atoms with Crippen LogP contribution in [0.4, 0.5) is 4.39 Å². The zero-order valence-corrected chi connectivity index (χ0v) is 8.29. The first-order chi connectivity index (χ1) is 7.31. The van der Waals surface area contributed by atoms with Crippen LogP contribution in [0.3, 0.4) is 0 Å². The molecule has 1 aromatic carbocycles. The summed E-state index contributed by atoms with van der Waals surface area (Å²) in [5.41, 5.74) is 7.11. The highest BCUT2D eigenvalue weighted by molar-refractivity contribution is 5.83. The van der Waals surface area contributed by atoms with Gasteiger partial charge < -0.3 is 10.2 Å². The molecule has 15 heavy (non-hydrogen) atoms. The zero-order valence-electron chi connectivity index (χ0n) is 8.29. The zero-order chi connectivity index (χ0) is 10.4. The molecule has 0 amide bonds. The number of nitrogens with two attached hydrogens (primary N) is 1. The second kappa shape index (κ2) is 3.07. The van der Waals surface area contributed by atoms with Crippen molar-refractivity contribution in [1.82, 2.24) is 0 Å². The number of rotatable bonds is 2. The maximum Gasteiger partial charge on any atom is 0.170 e. The van der Waals surface area contributed by atoms with Crippen LogP contribution in [0.5, 0.6) is 0 Å². The predicted molar refractivity (Wildman–Crippen MR) is 56.0 cm³/mol. The van der Waals surface area contributed by atoms with E-state index >= 15 is 0 Å². The molecule has 0 radical (unpaired) electrons. The number of hydrogen-bond acceptors (Lipinski definition) is 2. The van der Waals surface area contributed by atoms with Gasteiger partial charge in [-0.3, -0.25) is 0 Å². The third-order valence-corrected chi connectivity index (χ3v) is 2.95. The number of para-hydroxylation sites is 1. The molecule has 1 aromatic heterocycles. The van der Waals surface area contributed by atoms with Gasteiger partial charge in [0.05, 0.1) is 6.54 Å². The van der Waals surface area contributed by atoms with Gasteiger partial charge in [-0.1, -0.05) is 12.1 Å². The summed E-state index contributed by atoms with van der Waals surface area (Å²) in [6.45, 7) is 0.347. The first-order valence-electron chi connectivity index (χ1n) is 5.21. The van der Waals surface area contributed by atoms with Crippen LogP contribution >= 0.6 is 0 Å². The standard InChI is InChI=1S/C12H12FNO/c13-9-3-1-2-8-11(7-4-5-7)10(6-14)15-12(8)9/h1-3,7H,4-6,14H2. The summed E-state index contributed by atoms with van der Waals surface area (Å²) in [4.78, 5) is 0. The number of hydrogen-bond donors (Lipinski definition) is 1. The quantitative estimate of drug-likeness (QED) is 0.818. The van der Waals surface area contributed by atoms with Gasteiger partial charge in [0.2, 0.25) is 0 Å². The van der Waals surface area contributed by atoms with Gasteiger partial charge in [0.15, 0.2) is 11.4 Å². The van der Waals surface area contributed by atoms with Crippen molar-refractivity contribution in [2.75, 3.05) is 0 Å². The second-order valence-electron chi connectivity index (χ2n) is 4.03. The predicted octanol–water partition coefficient (Wildman–Crippen LogP) is 2.91. The van der Waals surface area contributed by atoms with Crippen molar-refractivity contribution in [3.8, 4) is 0 Å². The Bertz CT molecular complexity index is 514. The van der Waals surface area contributed by atoms with E-state index in [9.17, 15) is 4.39 Å². The minimum atomic E-state index is -0.297. The molecule has 0 aliphatic heterocycles. The molecule has 1 fully saturated rings. The minimum Gasteiger partial charge on any atom is -0.456 e. The highest BCUT2D eigenvalue weighted by atomic mass is 19.1. The van der Waals surface area contributed by atoms with E-state index in [4.69, 9.17) is 10.2 Å². The molecular formula is C12H12FNO. The van der Waals surface area contributed by atoms with Gasteiger partial charge in [0, 0.05) is 10.9 Å². The maximum absolute atomic E-state index is 13.5. The Morgan fingerprint density at radius 1 is 1.40 bits per heavy atom. The average Bonchev–Trinajstić information content (AvgIpc) is 3.00. The molecule has 3 heteroatoms. The van der Waals surface area contributed by atoms with E-state index in [1.165, 1.54) is 6.07 Å². The van der Waals surface area contributed by atoms with Crippen LogP contribution in [0.15, 0.2) is 22.6 Å². The van der Waals surface area contributed by atoms with Crippen LogP contribution < -0.4 is 5.73 Å². The molecule has 0 unspecified atom stereocenters. The normalized spacial score (nSPS) is 16.1. The summed E-state index contributed by atoms with van der Waals surface area (Å²) in [6.07, 6.45) is 2.33. The Labute approximate surface area is 86.9 Å². The topological polar surface area (TPSA) is 39.2 Å².